The molecule has 1 aliphatic rings. The molecule has 0 atom stereocenters. The van der Waals surface area contributed by atoms with E-state index in [0.717, 1.165) is 19.0 Å². The van der Waals surface area contributed by atoms with Crippen molar-refractivity contribution in [3.63, 3.8) is 0 Å². The molecule has 1 aliphatic heterocycles. The summed E-state index contributed by atoms with van der Waals surface area (Å²) < 4.78 is 0. The van der Waals surface area contributed by atoms with Crippen LogP contribution in [-0.4, -0.2) is 24.6 Å². The van der Waals surface area contributed by atoms with Gasteiger partial charge in [-0.2, -0.15) is 0 Å². The van der Waals surface area contributed by atoms with Gasteiger partial charge in [0, 0.05) is 24.5 Å². The fourth-order valence-corrected chi connectivity index (χ4v) is 3.71. The Bertz CT molecular complexity index is 381. The van der Waals surface area contributed by atoms with E-state index in [1.54, 1.807) is 0 Å². The number of hydrogen-bond acceptors (Lipinski definition) is 4. The Balaban J connectivity index is 1.92. The van der Waals surface area contributed by atoms with Crippen LogP contribution in [0.4, 0.5) is 5.13 Å². The van der Waals surface area contributed by atoms with Crippen LogP contribution in [0.25, 0.3) is 0 Å². The molecule has 0 bridgehead atoms. The molecular weight excluding hydrogens is 254 g/mol. The average Bonchev–Trinajstić information content (AvgIpc) is 2.81. The van der Waals surface area contributed by atoms with E-state index in [2.05, 4.69) is 31.0 Å². The van der Waals surface area contributed by atoms with Crippen molar-refractivity contribution in [3.05, 3.63) is 10.6 Å². The number of anilines is 1. The highest BCUT2D eigenvalue weighted by molar-refractivity contribution is 7.15. The Hall–Kier alpha value is -0.610. The number of piperidine rings is 1. The number of thiazole rings is 1. The fraction of sp³-hybridized carbons (Fsp3) is 0.800. The lowest BCUT2D eigenvalue weighted by atomic mass is 9.95. The largest absolute Gasteiger partial charge is 0.348 e. The molecule has 1 aromatic heterocycles. The first-order valence-corrected chi connectivity index (χ1v) is 8.48. The molecule has 2 rings (SSSR count). The van der Waals surface area contributed by atoms with Gasteiger partial charge in [0.15, 0.2) is 5.13 Å². The third-order valence-electron chi connectivity index (χ3n) is 4.06. The maximum Gasteiger partial charge on any atom is 0.185 e. The molecule has 2 heterocycles. The van der Waals surface area contributed by atoms with Crippen LogP contribution in [0, 0.1) is 12.8 Å². The third-order valence-corrected chi connectivity index (χ3v) is 5.27. The molecule has 0 amide bonds. The average molecular weight is 281 g/mol. The fourth-order valence-electron chi connectivity index (χ4n) is 2.62. The smallest absolute Gasteiger partial charge is 0.185 e. The first-order valence-electron chi connectivity index (χ1n) is 7.66. The van der Waals surface area contributed by atoms with Gasteiger partial charge in [0.25, 0.3) is 0 Å². The zero-order chi connectivity index (χ0) is 13.7. The topological polar surface area (TPSA) is 28.2 Å². The van der Waals surface area contributed by atoms with E-state index < -0.39 is 0 Å². The van der Waals surface area contributed by atoms with Crippen LogP contribution in [-0.2, 0) is 6.54 Å². The first kappa shape index (κ1) is 14.8. The monoisotopic (exact) mass is 281 g/mol. The standard InChI is InChI=1S/C15H27N3S/c1-4-8-16-11-14-12(3)17-15(19-14)18-9-6-13(5-2)7-10-18/h13,16H,4-11H2,1-3H3. The van der Waals surface area contributed by atoms with E-state index >= 15 is 0 Å². The van der Waals surface area contributed by atoms with Crippen molar-refractivity contribution in [2.45, 2.75) is 53.0 Å². The molecule has 0 radical (unpaired) electrons. The van der Waals surface area contributed by atoms with E-state index in [1.165, 1.54) is 54.5 Å². The van der Waals surface area contributed by atoms with E-state index in [9.17, 15) is 0 Å². The summed E-state index contributed by atoms with van der Waals surface area (Å²) in [6.07, 6.45) is 5.18. The van der Waals surface area contributed by atoms with Gasteiger partial charge in [0.05, 0.1) is 5.69 Å². The summed E-state index contributed by atoms with van der Waals surface area (Å²) in [5, 5.41) is 4.71. The molecule has 0 spiro atoms. The van der Waals surface area contributed by atoms with Gasteiger partial charge >= 0.3 is 0 Å². The number of aryl methyl sites for hydroxylation is 1. The van der Waals surface area contributed by atoms with Crippen molar-refractivity contribution in [1.82, 2.24) is 10.3 Å². The van der Waals surface area contributed by atoms with Crippen LogP contribution in [0.5, 0.6) is 0 Å². The van der Waals surface area contributed by atoms with Gasteiger partial charge in [-0.3, -0.25) is 0 Å². The summed E-state index contributed by atoms with van der Waals surface area (Å²) in [6, 6.07) is 0. The molecule has 0 aromatic carbocycles. The Morgan fingerprint density at radius 2 is 2.05 bits per heavy atom. The Labute approximate surface area is 121 Å². The highest BCUT2D eigenvalue weighted by Gasteiger charge is 2.20. The third kappa shape index (κ3) is 3.93. The van der Waals surface area contributed by atoms with Gasteiger partial charge in [0.1, 0.15) is 0 Å². The molecule has 108 valence electrons. The first-order chi connectivity index (χ1) is 9.24. The minimum atomic E-state index is 0.933. The van der Waals surface area contributed by atoms with Crippen LogP contribution in [0.2, 0.25) is 0 Å². The lowest BCUT2D eigenvalue weighted by molar-refractivity contribution is 0.395. The molecule has 1 aromatic rings. The van der Waals surface area contributed by atoms with Gasteiger partial charge in [0.2, 0.25) is 0 Å². The van der Waals surface area contributed by atoms with E-state index in [-0.39, 0.29) is 0 Å². The molecule has 4 heteroatoms. The van der Waals surface area contributed by atoms with E-state index in [0.29, 0.717) is 0 Å². The van der Waals surface area contributed by atoms with Crippen molar-refractivity contribution < 1.29 is 0 Å². The molecule has 1 saturated heterocycles. The summed E-state index contributed by atoms with van der Waals surface area (Å²) in [7, 11) is 0. The van der Waals surface area contributed by atoms with E-state index in [1.807, 2.05) is 11.3 Å². The van der Waals surface area contributed by atoms with Crippen molar-refractivity contribution >= 4 is 16.5 Å². The van der Waals surface area contributed by atoms with Crippen molar-refractivity contribution in [2.75, 3.05) is 24.5 Å². The van der Waals surface area contributed by atoms with Crippen LogP contribution < -0.4 is 10.2 Å². The Morgan fingerprint density at radius 3 is 2.68 bits per heavy atom. The van der Waals surface area contributed by atoms with Gasteiger partial charge in [-0.1, -0.05) is 20.3 Å². The summed E-state index contributed by atoms with van der Waals surface area (Å²) >= 11 is 1.88. The quantitative estimate of drug-likeness (QED) is 0.808. The van der Waals surface area contributed by atoms with Gasteiger partial charge in [-0.25, -0.2) is 4.98 Å². The molecule has 0 saturated carbocycles. The number of nitrogens with one attached hydrogen (secondary N) is 1. The number of aromatic nitrogens is 1. The second-order valence-electron chi connectivity index (χ2n) is 5.52. The van der Waals surface area contributed by atoms with Crippen molar-refractivity contribution in [2.24, 2.45) is 5.92 Å². The van der Waals surface area contributed by atoms with Crippen molar-refractivity contribution in [3.8, 4) is 0 Å². The highest BCUT2D eigenvalue weighted by atomic mass is 32.1. The number of hydrogen-bond donors (Lipinski definition) is 1. The summed E-state index contributed by atoms with van der Waals surface area (Å²) in [5.74, 6) is 0.933. The zero-order valence-corrected chi connectivity index (χ0v) is 13.4. The SMILES string of the molecule is CCCNCc1sc(N2CCC(CC)CC2)nc1C. The molecule has 0 unspecified atom stereocenters. The lowest BCUT2D eigenvalue weighted by Crippen LogP contribution is -2.33. The van der Waals surface area contributed by atoms with Gasteiger partial charge in [-0.05, 0) is 38.6 Å². The number of rotatable bonds is 6. The summed E-state index contributed by atoms with van der Waals surface area (Å²) in [6.45, 7) is 11.1. The molecule has 19 heavy (non-hydrogen) atoms. The second-order valence-corrected chi connectivity index (χ2v) is 6.58. The normalized spacial score (nSPS) is 17.1. The summed E-state index contributed by atoms with van der Waals surface area (Å²) in [5.41, 5.74) is 1.21. The lowest BCUT2D eigenvalue weighted by Gasteiger charge is -2.31. The summed E-state index contributed by atoms with van der Waals surface area (Å²) in [4.78, 5) is 8.65. The second kappa shape index (κ2) is 7.25. The zero-order valence-electron chi connectivity index (χ0n) is 12.5. The van der Waals surface area contributed by atoms with Crippen molar-refractivity contribution in [1.29, 1.82) is 0 Å². The van der Waals surface area contributed by atoms with Crippen LogP contribution >= 0.6 is 11.3 Å². The van der Waals surface area contributed by atoms with Crippen LogP contribution in [0.1, 0.15) is 50.1 Å². The van der Waals surface area contributed by atoms with E-state index in [4.69, 9.17) is 4.98 Å². The van der Waals surface area contributed by atoms with Crippen LogP contribution in [0.3, 0.4) is 0 Å². The predicted molar refractivity (Wildman–Crippen MR) is 84.1 cm³/mol. The minimum Gasteiger partial charge on any atom is -0.348 e. The number of nitrogens with zero attached hydrogens (tertiary/aromatic N) is 2. The Kier molecular flexibility index (Phi) is 5.64. The highest BCUT2D eigenvalue weighted by Crippen LogP contribution is 2.30. The molecule has 3 nitrogen and oxygen atoms in total. The predicted octanol–water partition coefficient (Wildman–Crippen LogP) is 3.58. The maximum absolute atomic E-state index is 4.77. The van der Waals surface area contributed by atoms with Gasteiger partial charge in [-0.15, -0.1) is 11.3 Å². The Morgan fingerprint density at radius 1 is 1.32 bits per heavy atom. The minimum absolute atomic E-state index is 0.933. The van der Waals surface area contributed by atoms with Crippen LogP contribution in [0.15, 0.2) is 0 Å². The molecule has 0 aliphatic carbocycles. The van der Waals surface area contributed by atoms with Gasteiger partial charge < -0.3 is 10.2 Å². The molecule has 1 N–H and O–H groups in total. The maximum atomic E-state index is 4.77. The molecule has 1 fully saturated rings. The molecular formula is C15H27N3S.